The minimum Gasteiger partial charge on any atom is -0.370 e. The molecular weight excluding hydrogens is 266 g/mol. The van der Waals surface area contributed by atoms with Crippen molar-refractivity contribution in [1.29, 1.82) is 0 Å². The molecule has 5 nitrogen and oxygen atoms in total. The van der Waals surface area contributed by atoms with Gasteiger partial charge in [0, 0.05) is 25.6 Å². The Hall–Kier alpha value is -2.04. The number of benzene rings is 1. The van der Waals surface area contributed by atoms with Gasteiger partial charge in [0.15, 0.2) is 0 Å². The van der Waals surface area contributed by atoms with Gasteiger partial charge in [-0.1, -0.05) is 29.8 Å². The molecule has 1 aliphatic rings. The second-order valence-electron chi connectivity index (χ2n) is 5.66. The van der Waals surface area contributed by atoms with Crippen LogP contribution >= 0.6 is 0 Å². The molecule has 0 saturated carbocycles. The summed E-state index contributed by atoms with van der Waals surface area (Å²) in [4.78, 5) is 25.2. The van der Waals surface area contributed by atoms with Crippen molar-refractivity contribution in [3.63, 3.8) is 0 Å². The zero-order valence-corrected chi connectivity index (χ0v) is 12.5. The van der Waals surface area contributed by atoms with Crippen molar-refractivity contribution in [2.45, 2.75) is 45.2 Å². The quantitative estimate of drug-likeness (QED) is 0.888. The molecule has 0 unspecified atom stereocenters. The Morgan fingerprint density at radius 2 is 2.19 bits per heavy atom. The molecule has 0 aliphatic carbocycles. The highest BCUT2D eigenvalue weighted by Crippen LogP contribution is 2.19. The lowest BCUT2D eigenvalue weighted by atomic mass is 9.99. The minimum absolute atomic E-state index is 0.0613. The van der Waals surface area contributed by atoms with E-state index in [4.69, 9.17) is 5.73 Å². The van der Waals surface area contributed by atoms with Gasteiger partial charge < -0.3 is 16.0 Å². The van der Waals surface area contributed by atoms with Crippen molar-refractivity contribution in [2.75, 3.05) is 6.54 Å². The third-order valence-electron chi connectivity index (χ3n) is 3.85. The van der Waals surface area contributed by atoms with Crippen molar-refractivity contribution in [3.8, 4) is 0 Å². The third-order valence-corrected chi connectivity index (χ3v) is 3.85. The summed E-state index contributed by atoms with van der Waals surface area (Å²) in [6, 6.07) is 7.88. The molecule has 1 saturated heterocycles. The number of carbonyl (C=O) groups excluding carboxylic acids is 2. The normalized spacial score (nSPS) is 18.3. The number of likely N-dealkylation sites (tertiary alicyclic amines) is 1. The fourth-order valence-electron chi connectivity index (χ4n) is 2.81. The monoisotopic (exact) mass is 289 g/mol. The van der Waals surface area contributed by atoms with Gasteiger partial charge in [-0.05, 0) is 31.7 Å². The molecule has 3 amide bonds. The van der Waals surface area contributed by atoms with Crippen LogP contribution in [0.1, 0.15) is 36.8 Å². The van der Waals surface area contributed by atoms with E-state index in [0.717, 1.165) is 24.8 Å². The van der Waals surface area contributed by atoms with Crippen molar-refractivity contribution in [2.24, 2.45) is 5.73 Å². The van der Waals surface area contributed by atoms with E-state index in [1.165, 1.54) is 5.56 Å². The lowest BCUT2D eigenvalue weighted by Gasteiger charge is -2.35. The zero-order chi connectivity index (χ0) is 15.2. The van der Waals surface area contributed by atoms with E-state index < -0.39 is 0 Å². The van der Waals surface area contributed by atoms with Gasteiger partial charge in [-0.25, -0.2) is 4.79 Å². The standard InChI is InChI=1S/C16H23N3O2/c1-12-5-4-6-13(9-12)11-18-16(21)19-8-3-2-7-14(19)10-15(17)20/h4-6,9,14H,2-3,7-8,10-11H2,1H3,(H2,17,20)(H,18,21)/t14-/m1/s1. The summed E-state index contributed by atoms with van der Waals surface area (Å²) >= 11 is 0. The fourth-order valence-corrected chi connectivity index (χ4v) is 2.81. The van der Waals surface area contributed by atoms with Crippen LogP contribution in [0.2, 0.25) is 0 Å². The first kappa shape index (κ1) is 15.4. The maximum atomic E-state index is 12.3. The van der Waals surface area contributed by atoms with E-state index in [1.807, 2.05) is 25.1 Å². The molecule has 21 heavy (non-hydrogen) atoms. The molecule has 1 aliphatic heterocycles. The largest absolute Gasteiger partial charge is 0.370 e. The predicted molar refractivity (Wildman–Crippen MR) is 81.6 cm³/mol. The van der Waals surface area contributed by atoms with Crippen molar-refractivity contribution >= 4 is 11.9 Å². The summed E-state index contributed by atoms with van der Waals surface area (Å²) in [7, 11) is 0. The van der Waals surface area contributed by atoms with E-state index >= 15 is 0 Å². The molecule has 2 rings (SSSR count). The Bertz CT molecular complexity index is 516. The molecule has 1 atom stereocenters. The lowest BCUT2D eigenvalue weighted by Crippen LogP contribution is -2.49. The molecule has 1 aromatic carbocycles. The van der Waals surface area contributed by atoms with E-state index in [9.17, 15) is 9.59 Å². The summed E-state index contributed by atoms with van der Waals surface area (Å²) in [5.74, 6) is -0.349. The van der Waals surface area contributed by atoms with Crippen LogP contribution < -0.4 is 11.1 Å². The number of urea groups is 1. The summed E-state index contributed by atoms with van der Waals surface area (Å²) in [5.41, 5.74) is 7.52. The second kappa shape index (κ2) is 7.11. The predicted octanol–water partition coefficient (Wildman–Crippen LogP) is 1.93. The van der Waals surface area contributed by atoms with Gasteiger partial charge in [0.05, 0.1) is 0 Å². The average molecular weight is 289 g/mol. The van der Waals surface area contributed by atoms with Gasteiger partial charge in [-0.3, -0.25) is 4.79 Å². The van der Waals surface area contributed by atoms with Crippen LogP contribution in [0.4, 0.5) is 4.79 Å². The number of carbonyl (C=O) groups is 2. The highest BCUT2D eigenvalue weighted by atomic mass is 16.2. The first-order chi connectivity index (χ1) is 10.1. The summed E-state index contributed by atoms with van der Waals surface area (Å²) in [6.07, 6.45) is 3.12. The van der Waals surface area contributed by atoms with E-state index in [0.29, 0.717) is 13.1 Å². The number of nitrogens with two attached hydrogens (primary N) is 1. The van der Waals surface area contributed by atoms with Crippen LogP contribution in [0, 0.1) is 6.92 Å². The number of primary amides is 1. The van der Waals surface area contributed by atoms with Gasteiger partial charge in [-0.15, -0.1) is 0 Å². The second-order valence-corrected chi connectivity index (χ2v) is 5.66. The van der Waals surface area contributed by atoms with Crippen molar-refractivity contribution in [3.05, 3.63) is 35.4 Å². The van der Waals surface area contributed by atoms with Crippen LogP contribution in [-0.4, -0.2) is 29.4 Å². The van der Waals surface area contributed by atoms with Gasteiger partial charge >= 0.3 is 6.03 Å². The molecule has 114 valence electrons. The third kappa shape index (κ3) is 4.48. The number of piperidine rings is 1. The van der Waals surface area contributed by atoms with Crippen molar-refractivity contribution in [1.82, 2.24) is 10.2 Å². The number of hydrogen-bond donors (Lipinski definition) is 2. The van der Waals surface area contributed by atoms with Crippen LogP contribution in [0.25, 0.3) is 0 Å². The number of aryl methyl sites for hydroxylation is 1. The van der Waals surface area contributed by atoms with Crippen LogP contribution in [-0.2, 0) is 11.3 Å². The topological polar surface area (TPSA) is 75.4 Å². The molecule has 0 radical (unpaired) electrons. The van der Waals surface area contributed by atoms with Crippen molar-refractivity contribution < 1.29 is 9.59 Å². The highest BCUT2D eigenvalue weighted by molar-refractivity contribution is 5.78. The summed E-state index contributed by atoms with van der Waals surface area (Å²) in [5, 5.41) is 2.93. The first-order valence-electron chi connectivity index (χ1n) is 7.44. The van der Waals surface area contributed by atoms with E-state index in [1.54, 1.807) is 4.90 Å². The van der Waals surface area contributed by atoms with Crippen LogP contribution in [0.3, 0.4) is 0 Å². The molecule has 1 fully saturated rings. The Morgan fingerprint density at radius 1 is 1.38 bits per heavy atom. The Morgan fingerprint density at radius 3 is 2.90 bits per heavy atom. The molecular formula is C16H23N3O2. The lowest BCUT2D eigenvalue weighted by molar-refractivity contribution is -0.119. The molecule has 0 aromatic heterocycles. The summed E-state index contributed by atoms with van der Waals surface area (Å²) < 4.78 is 0. The van der Waals surface area contributed by atoms with Crippen LogP contribution in [0.15, 0.2) is 24.3 Å². The average Bonchev–Trinajstić information content (AvgIpc) is 2.45. The van der Waals surface area contributed by atoms with Gasteiger partial charge in [0.1, 0.15) is 0 Å². The molecule has 0 bridgehead atoms. The maximum Gasteiger partial charge on any atom is 0.317 e. The Labute approximate surface area is 125 Å². The molecule has 3 N–H and O–H groups in total. The first-order valence-corrected chi connectivity index (χ1v) is 7.44. The highest BCUT2D eigenvalue weighted by Gasteiger charge is 2.27. The van der Waals surface area contributed by atoms with Gasteiger partial charge in [0.2, 0.25) is 5.91 Å². The van der Waals surface area contributed by atoms with Gasteiger partial charge in [-0.2, -0.15) is 0 Å². The number of nitrogens with one attached hydrogen (secondary N) is 1. The molecule has 0 spiro atoms. The maximum absolute atomic E-state index is 12.3. The number of amides is 3. The number of rotatable bonds is 4. The molecule has 5 heteroatoms. The van der Waals surface area contributed by atoms with Crippen LogP contribution in [0.5, 0.6) is 0 Å². The SMILES string of the molecule is Cc1cccc(CNC(=O)N2CCCC[C@@H]2CC(N)=O)c1. The minimum atomic E-state index is -0.349. The number of hydrogen-bond acceptors (Lipinski definition) is 2. The smallest absolute Gasteiger partial charge is 0.317 e. The Balaban J connectivity index is 1.92. The van der Waals surface area contributed by atoms with E-state index in [-0.39, 0.29) is 24.4 Å². The van der Waals surface area contributed by atoms with Gasteiger partial charge in [0.25, 0.3) is 0 Å². The molecule has 1 heterocycles. The summed E-state index contributed by atoms with van der Waals surface area (Å²) in [6.45, 7) is 3.22. The zero-order valence-electron chi connectivity index (χ0n) is 12.5. The Kier molecular flexibility index (Phi) is 5.20. The number of nitrogens with zero attached hydrogens (tertiary/aromatic N) is 1. The molecule has 1 aromatic rings. The fraction of sp³-hybridized carbons (Fsp3) is 0.500. The van der Waals surface area contributed by atoms with E-state index in [2.05, 4.69) is 11.4 Å².